The quantitative estimate of drug-likeness (QED) is 0.639. The molecule has 7 nitrogen and oxygen atoms in total. The van der Waals surface area contributed by atoms with Crippen LogP contribution in [0.2, 0.25) is 0 Å². The van der Waals surface area contributed by atoms with Gasteiger partial charge in [0, 0.05) is 30.6 Å². The van der Waals surface area contributed by atoms with Gasteiger partial charge in [0.25, 0.3) is 5.69 Å². The molecule has 0 aliphatic heterocycles. The second-order valence-electron chi connectivity index (χ2n) is 4.02. The molecule has 0 unspecified atom stereocenters. The van der Waals surface area contributed by atoms with E-state index in [4.69, 9.17) is 5.11 Å². The highest BCUT2D eigenvalue weighted by Gasteiger charge is 2.07. The van der Waals surface area contributed by atoms with Crippen molar-refractivity contribution in [3.8, 4) is 0 Å². The summed E-state index contributed by atoms with van der Waals surface area (Å²) in [6.07, 6.45) is 1.39. The monoisotopic (exact) mass is 273 g/mol. The summed E-state index contributed by atoms with van der Waals surface area (Å²) in [6, 6.07) is 9.26. The van der Waals surface area contributed by atoms with Crippen molar-refractivity contribution in [3.05, 3.63) is 64.0 Å². The fraction of sp³-hybridized carbons (Fsp3) is 0.0769. The number of nitro groups is 1. The average molecular weight is 273 g/mol. The first-order valence-corrected chi connectivity index (χ1v) is 5.73. The second kappa shape index (κ2) is 5.79. The van der Waals surface area contributed by atoms with Crippen molar-refractivity contribution in [1.29, 1.82) is 0 Å². The highest BCUT2D eigenvalue weighted by molar-refractivity contribution is 5.86. The van der Waals surface area contributed by atoms with Gasteiger partial charge in [-0.15, -0.1) is 0 Å². The Morgan fingerprint density at radius 1 is 1.35 bits per heavy atom. The highest BCUT2D eigenvalue weighted by atomic mass is 16.6. The van der Waals surface area contributed by atoms with Crippen LogP contribution in [0.4, 0.5) is 11.4 Å². The normalized spacial score (nSPS) is 10.0. The number of hydrogen-bond donors (Lipinski definition) is 2. The molecule has 7 heteroatoms. The molecule has 0 spiro atoms. The number of aromatic carboxylic acids is 1. The molecule has 0 atom stereocenters. The van der Waals surface area contributed by atoms with E-state index >= 15 is 0 Å². The van der Waals surface area contributed by atoms with Crippen LogP contribution in [0, 0.1) is 10.1 Å². The van der Waals surface area contributed by atoms with Crippen LogP contribution in [0.15, 0.2) is 42.6 Å². The van der Waals surface area contributed by atoms with Crippen LogP contribution in [0.1, 0.15) is 16.1 Å². The fourth-order valence-corrected chi connectivity index (χ4v) is 1.64. The summed E-state index contributed by atoms with van der Waals surface area (Å²) in [6.45, 7) is 0.352. The van der Waals surface area contributed by atoms with Crippen LogP contribution in [0.5, 0.6) is 0 Å². The number of rotatable bonds is 5. The van der Waals surface area contributed by atoms with E-state index in [1.165, 1.54) is 24.4 Å². The van der Waals surface area contributed by atoms with E-state index in [1.807, 2.05) is 0 Å². The zero-order valence-corrected chi connectivity index (χ0v) is 10.3. The van der Waals surface area contributed by atoms with Crippen molar-refractivity contribution in [2.45, 2.75) is 6.54 Å². The van der Waals surface area contributed by atoms with E-state index in [1.54, 1.807) is 18.2 Å². The number of non-ortho nitro benzene ring substituents is 1. The Hall–Kier alpha value is -2.96. The number of carbonyl (C=O) groups is 1. The van der Waals surface area contributed by atoms with Crippen LogP contribution in [-0.4, -0.2) is 21.0 Å². The molecule has 0 amide bonds. The predicted octanol–water partition coefficient (Wildman–Crippen LogP) is 2.30. The van der Waals surface area contributed by atoms with Gasteiger partial charge in [-0.2, -0.15) is 0 Å². The fourth-order valence-electron chi connectivity index (χ4n) is 1.64. The standard InChI is InChI=1S/C13H11N3O4/c17-13(18)12-7-10(4-5-14-12)15-8-9-2-1-3-11(6-9)16(19)20/h1-7H,8H2,(H,14,15)(H,17,18). The van der Waals surface area contributed by atoms with Gasteiger partial charge in [0.15, 0.2) is 0 Å². The molecule has 0 saturated carbocycles. The third-order valence-electron chi connectivity index (χ3n) is 2.60. The van der Waals surface area contributed by atoms with Crippen molar-refractivity contribution in [2.75, 3.05) is 5.32 Å². The molecule has 2 rings (SSSR count). The van der Waals surface area contributed by atoms with Crippen molar-refractivity contribution >= 4 is 17.3 Å². The van der Waals surface area contributed by atoms with Gasteiger partial charge >= 0.3 is 5.97 Å². The van der Waals surface area contributed by atoms with E-state index in [9.17, 15) is 14.9 Å². The molecule has 1 heterocycles. The zero-order chi connectivity index (χ0) is 14.5. The lowest BCUT2D eigenvalue weighted by molar-refractivity contribution is -0.384. The van der Waals surface area contributed by atoms with E-state index in [0.29, 0.717) is 12.2 Å². The first-order chi connectivity index (χ1) is 9.56. The number of nitrogens with one attached hydrogen (secondary N) is 1. The molecule has 2 N–H and O–H groups in total. The molecule has 2 aromatic rings. The minimum absolute atomic E-state index is 0.0188. The number of carboxylic acid groups (broad SMARTS) is 1. The van der Waals surface area contributed by atoms with Gasteiger partial charge in [-0.25, -0.2) is 9.78 Å². The minimum atomic E-state index is -1.11. The molecule has 0 aliphatic rings. The van der Waals surface area contributed by atoms with Crippen LogP contribution < -0.4 is 5.32 Å². The van der Waals surface area contributed by atoms with Crippen molar-refractivity contribution < 1.29 is 14.8 Å². The number of hydrogen-bond acceptors (Lipinski definition) is 5. The summed E-state index contributed by atoms with van der Waals surface area (Å²) in [5.41, 5.74) is 1.27. The van der Waals surface area contributed by atoms with Gasteiger partial charge in [0.05, 0.1) is 4.92 Å². The topological polar surface area (TPSA) is 105 Å². The van der Waals surface area contributed by atoms with Crippen LogP contribution in [0.25, 0.3) is 0 Å². The maximum atomic E-state index is 10.8. The Balaban J connectivity index is 2.08. The van der Waals surface area contributed by atoms with Gasteiger partial charge in [-0.1, -0.05) is 12.1 Å². The van der Waals surface area contributed by atoms with Gasteiger partial charge < -0.3 is 10.4 Å². The summed E-state index contributed by atoms with van der Waals surface area (Å²) in [5.74, 6) is -1.11. The van der Waals surface area contributed by atoms with Crippen LogP contribution in [-0.2, 0) is 6.54 Å². The summed E-state index contributed by atoms with van der Waals surface area (Å²) < 4.78 is 0. The van der Waals surface area contributed by atoms with E-state index in [2.05, 4.69) is 10.3 Å². The molecule has 20 heavy (non-hydrogen) atoms. The Labute approximate surface area is 114 Å². The number of benzene rings is 1. The number of nitrogens with zero attached hydrogens (tertiary/aromatic N) is 2. The maximum Gasteiger partial charge on any atom is 0.354 e. The number of pyridine rings is 1. The number of nitro benzene ring substituents is 1. The smallest absolute Gasteiger partial charge is 0.354 e. The Morgan fingerprint density at radius 3 is 2.85 bits per heavy atom. The molecular weight excluding hydrogens is 262 g/mol. The average Bonchev–Trinajstić information content (AvgIpc) is 2.45. The molecule has 0 radical (unpaired) electrons. The molecule has 0 saturated heterocycles. The SMILES string of the molecule is O=C(O)c1cc(NCc2cccc([N+](=O)[O-])c2)ccn1. The Bertz CT molecular complexity index is 600. The van der Waals surface area contributed by atoms with Gasteiger partial charge in [0.2, 0.25) is 0 Å². The molecular formula is C13H11N3O4. The minimum Gasteiger partial charge on any atom is -0.477 e. The second-order valence-corrected chi connectivity index (χ2v) is 4.02. The Kier molecular flexibility index (Phi) is 3.90. The third kappa shape index (κ3) is 3.29. The molecule has 0 fully saturated rings. The van der Waals surface area contributed by atoms with Crippen molar-refractivity contribution in [1.82, 2.24) is 4.98 Å². The van der Waals surface area contributed by atoms with Gasteiger partial charge in [0.1, 0.15) is 5.69 Å². The van der Waals surface area contributed by atoms with Crippen LogP contribution >= 0.6 is 0 Å². The highest BCUT2D eigenvalue weighted by Crippen LogP contribution is 2.15. The van der Waals surface area contributed by atoms with E-state index in [0.717, 1.165) is 5.56 Å². The molecule has 1 aromatic carbocycles. The van der Waals surface area contributed by atoms with Gasteiger partial charge in [-0.05, 0) is 17.7 Å². The predicted molar refractivity (Wildman–Crippen MR) is 71.6 cm³/mol. The summed E-state index contributed by atoms with van der Waals surface area (Å²) in [7, 11) is 0. The van der Waals surface area contributed by atoms with E-state index in [-0.39, 0.29) is 11.4 Å². The summed E-state index contributed by atoms with van der Waals surface area (Å²) >= 11 is 0. The largest absolute Gasteiger partial charge is 0.477 e. The summed E-state index contributed by atoms with van der Waals surface area (Å²) in [5, 5.41) is 22.5. The third-order valence-corrected chi connectivity index (χ3v) is 2.60. The lowest BCUT2D eigenvalue weighted by Gasteiger charge is -2.06. The maximum absolute atomic E-state index is 10.8. The molecule has 0 aliphatic carbocycles. The number of aromatic nitrogens is 1. The Morgan fingerprint density at radius 2 is 2.15 bits per heavy atom. The van der Waals surface area contributed by atoms with Crippen LogP contribution in [0.3, 0.4) is 0 Å². The first kappa shape index (κ1) is 13.5. The summed E-state index contributed by atoms with van der Waals surface area (Å²) in [4.78, 5) is 24.7. The lowest BCUT2D eigenvalue weighted by atomic mass is 10.2. The number of carboxylic acids is 1. The molecule has 0 bridgehead atoms. The van der Waals surface area contributed by atoms with Crippen molar-refractivity contribution in [2.24, 2.45) is 0 Å². The van der Waals surface area contributed by atoms with Crippen molar-refractivity contribution in [3.63, 3.8) is 0 Å². The first-order valence-electron chi connectivity index (χ1n) is 5.73. The van der Waals surface area contributed by atoms with Gasteiger partial charge in [-0.3, -0.25) is 10.1 Å². The van der Waals surface area contributed by atoms with E-state index < -0.39 is 10.9 Å². The number of anilines is 1. The molecule has 1 aromatic heterocycles. The zero-order valence-electron chi connectivity index (χ0n) is 10.3. The molecule has 102 valence electrons. The lowest BCUT2D eigenvalue weighted by Crippen LogP contribution is -2.04.